The van der Waals surface area contributed by atoms with E-state index in [-0.39, 0.29) is 11.7 Å². The molecule has 0 unspecified atom stereocenters. The first kappa shape index (κ1) is 18.5. The molecular weight excluding hydrogens is 369 g/mol. The Morgan fingerprint density at radius 2 is 1.69 bits per heavy atom. The Hall–Kier alpha value is -3.87. The topological polar surface area (TPSA) is 79.8 Å². The van der Waals surface area contributed by atoms with Crippen LogP contribution in [0.3, 0.4) is 0 Å². The number of benzene rings is 2. The van der Waals surface area contributed by atoms with Crippen LogP contribution in [0.25, 0.3) is 10.9 Å². The molecule has 2 N–H and O–H groups in total. The molecule has 0 aliphatic rings. The number of hydrogen-bond acceptors (Lipinski definition) is 5. The zero-order valence-corrected chi connectivity index (χ0v) is 15.5. The lowest BCUT2D eigenvalue weighted by atomic mass is 10.1. The van der Waals surface area contributed by atoms with Gasteiger partial charge in [0.1, 0.15) is 5.82 Å². The summed E-state index contributed by atoms with van der Waals surface area (Å²) >= 11 is 0. The molecule has 0 fully saturated rings. The van der Waals surface area contributed by atoms with Crippen LogP contribution in [-0.2, 0) is 6.42 Å². The van der Waals surface area contributed by atoms with E-state index in [1.807, 2.05) is 30.3 Å². The number of rotatable bonds is 6. The number of para-hydroxylation sites is 1. The van der Waals surface area contributed by atoms with Crippen LogP contribution in [0.15, 0.2) is 73.2 Å². The predicted octanol–water partition coefficient (Wildman–Crippen LogP) is 3.88. The van der Waals surface area contributed by atoms with Gasteiger partial charge >= 0.3 is 0 Å². The van der Waals surface area contributed by atoms with Crippen LogP contribution in [0.4, 0.5) is 16.0 Å². The van der Waals surface area contributed by atoms with Crippen molar-refractivity contribution >= 4 is 28.4 Å². The Morgan fingerprint density at radius 1 is 0.931 bits per heavy atom. The molecule has 0 aliphatic carbocycles. The number of nitrogens with one attached hydrogen (secondary N) is 2. The predicted molar refractivity (Wildman–Crippen MR) is 109 cm³/mol. The minimum Gasteiger partial charge on any atom is -0.352 e. The summed E-state index contributed by atoms with van der Waals surface area (Å²) < 4.78 is 12.9. The van der Waals surface area contributed by atoms with Crippen LogP contribution in [0, 0.1) is 5.82 Å². The Balaban J connectivity index is 1.37. The molecule has 0 atom stereocenters. The van der Waals surface area contributed by atoms with Gasteiger partial charge in [-0.15, -0.1) is 0 Å². The molecule has 0 bridgehead atoms. The lowest BCUT2D eigenvalue weighted by molar-refractivity contribution is 0.0953. The maximum Gasteiger partial charge on any atom is 0.254 e. The van der Waals surface area contributed by atoms with E-state index in [4.69, 9.17) is 0 Å². The van der Waals surface area contributed by atoms with Gasteiger partial charge in [0, 0.05) is 30.5 Å². The highest BCUT2D eigenvalue weighted by Crippen LogP contribution is 2.22. The van der Waals surface area contributed by atoms with Crippen molar-refractivity contribution in [3.05, 3.63) is 90.1 Å². The molecular formula is C22H18FN5O. The summed E-state index contributed by atoms with van der Waals surface area (Å²) in [4.78, 5) is 25.1. The summed E-state index contributed by atoms with van der Waals surface area (Å²) in [5.41, 5.74) is 2.93. The van der Waals surface area contributed by atoms with E-state index < -0.39 is 0 Å². The number of halogens is 1. The number of carbonyl (C=O) groups excluding carboxylic acids is 1. The van der Waals surface area contributed by atoms with Crippen LogP contribution in [0.5, 0.6) is 0 Å². The van der Waals surface area contributed by atoms with Crippen LogP contribution in [0.1, 0.15) is 15.9 Å². The van der Waals surface area contributed by atoms with Gasteiger partial charge in [-0.3, -0.25) is 9.78 Å². The Kier molecular flexibility index (Phi) is 5.38. The fourth-order valence-electron chi connectivity index (χ4n) is 2.91. The summed E-state index contributed by atoms with van der Waals surface area (Å²) in [6.45, 7) is 0.437. The summed E-state index contributed by atoms with van der Waals surface area (Å²) in [5.74, 6) is -0.153. The first-order chi connectivity index (χ1) is 14.2. The monoisotopic (exact) mass is 387 g/mol. The molecule has 0 spiro atoms. The van der Waals surface area contributed by atoms with Gasteiger partial charge < -0.3 is 10.6 Å². The highest BCUT2D eigenvalue weighted by Gasteiger charge is 2.08. The number of fused-ring (bicyclic) bond motifs is 1. The number of amides is 1. The van der Waals surface area contributed by atoms with E-state index in [2.05, 4.69) is 25.6 Å². The minimum absolute atomic E-state index is 0.259. The average Bonchev–Trinajstić information content (AvgIpc) is 2.76. The van der Waals surface area contributed by atoms with Gasteiger partial charge in [-0.2, -0.15) is 0 Å². The zero-order chi connectivity index (χ0) is 20.1. The van der Waals surface area contributed by atoms with Crippen LogP contribution in [0.2, 0.25) is 0 Å². The fourth-order valence-corrected chi connectivity index (χ4v) is 2.91. The number of nitrogens with zero attached hydrogens (tertiary/aromatic N) is 3. The molecule has 144 valence electrons. The lowest BCUT2D eigenvalue weighted by Crippen LogP contribution is -2.26. The maximum atomic E-state index is 12.9. The number of hydrogen-bond donors (Lipinski definition) is 2. The third-order valence-corrected chi connectivity index (χ3v) is 4.41. The van der Waals surface area contributed by atoms with Gasteiger partial charge in [0.05, 0.1) is 16.8 Å². The van der Waals surface area contributed by atoms with Crippen LogP contribution >= 0.6 is 0 Å². The van der Waals surface area contributed by atoms with Gasteiger partial charge in [-0.05, 0) is 36.2 Å². The molecule has 1 amide bonds. The summed E-state index contributed by atoms with van der Waals surface area (Å²) in [5, 5.41) is 6.96. The SMILES string of the molecule is O=C(NCCc1ccc(F)cc1)c1cnc(Nc2cccc3cccnc23)nc1. The highest BCUT2D eigenvalue weighted by atomic mass is 19.1. The van der Waals surface area contributed by atoms with Gasteiger partial charge in [-0.1, -0.05) is 30.3 Å². The zero-order valence-electron chi connectivity index (χ0n) is 15.5. The molecule has 2 aromatic heterocycles. The van der Waals surface area contributed by atoms with E-state index >= 15 is 0 Å². The molecule has 4 rings (SSSR count). The van der Waals surface area contributed by atoms with E-state index in [1.54, 1.807) is 18.3 Å². The molecule has 7 heteroatoms. The second-order valence-electron chi connectivity index (χ2n) is 6.43. The second kappa shape index (κ2) is 8.43. The van der Waals surface area contributed by atoms with Crippen molar-refractivity contribution in [2.24, 2.45) is 0 Å². The Morgan fingerprint density at radius 3 is 2.48 bits per heavy atom. The van der Waals surface area contributed by atoms with Gasteiger partial charge in [-0.25, -0.2) is 14.4 Å². The number of carbonyl (C=O) groups is 1. The number of anilines is 2. The van der Waals surface area contributed by atoms with E-state index in [1.165, 1.54) is 24.5 Å². The molecule has 4 aromatic rings. The normalized spacial score (nSPS) is 10.7. The lowest BCUT2D eigenvalue weighted by Gasteiger charge is -2.08. The molecule has 2 heterocycles. The van der Waals surface area contributed by atoms with Crippen molar-refractivity contribution in [1.29, 1.82) is 0 Å². The first-order valence-electron chi connectivity index (χ1n) is 9.14. The molecule has 2 aromatic carbocycles. The quantitative estimate of drug-likeness (QED) is 0.525. The number of pyridine rings is 1. The van der Waals surface area contributed by atoms with E-state index in [0.29, 0.717) is 24.5 Å². The molecule has 0 saturated carbocycles. The highest BCUT2D eigenvalue weighted by molar-refractivity contribution is 5.94. The Bertz CT molecular complexity index is 1120. The number of aromatic nitrogens is 3. The molecule has 0 radical (unpaired) electrons. The minimum atomic E-state index is -0.275. The molecule has 6 nitrogen and oxygen atoms in total. The Labute approximate surface area is 166 Å². The van der Waals surface area contributed by atoms with E-state index in [9.17, 15) is 9.18 Å². The van der Waals surface area contributed by atoms with Crippen molar-refractivity contribution in [3.8, 4) is 0 Å². The van der Waals surface area contributed by atoms with Crippen molar-refractivity contribution in [3.63, 3.8) is 0 Å². The largest absolute Gasteiger partial charge is 0.352 e. The van der Waals surface area contributed by atoms with Crippen LogP contribution in [-0.4, -0.2) is 27.4 Å². The van der Waals surface area contributed by atoms with Crippen molar-refractivity contribution in [1.82, 2.24) is 20.3 Å². The molecule has 0 saturated heterocycles. The van der Waals surface area contributed by atoms with Crippen molar-refractivity contribution in [2.45, 2.75) is 6.42 Å². The van der Waals surface area contributed by atoms with Gasteiger partial charge in [0.2, 0.25) is 5.95 Å². The van der Waals surface area contributed by atoms with E-state index in [0.717, 1.165) is 22.2 Å². The van der Waals surface area contributed by atoms with Crippen LogP contribution < -0.4 is 10.6 Å². The summed E-state index contributed by atoms with van der Waals surface area (Å²) in [6, 6.07) is 15.9. The first-order valence-corrected chi connectivity index (χ1v) is 9.14. The maximum absolute atomic E-state index is 12.9. The van der Waals surface area contributed by atoms with Crippen molar-refractivity contribution < 1.29 is 9.18 Å². The molecule has 0 aliphatic heterocycles. The van der Waals surface area contributed by atoms with Gasteiger partial charge in [0.25, 0.3) is 5.91 Å². The standard InChI is InChI=1S/C22H18FN5O/c23-18-8-6-15(7-9-18)10-12-25-21(29)17-13-26-22(27-14-17)28-19-5-1-3-16-4-2-11-24-20(16)19/h1-9,11,13-14H,10,12H2,(H,25,29)(H,26,27,28). The van der Waals surface area contributed by atoms with Gasteiger partial charge in [0.15, 0.2) is 0 Å². The molecule has 29 heavy (non-hydrogen) atoms. The second-order valence-corrected chi connectivity index (χ2v) is 6.43. The smallest absolute Gasteiger partial charge is 0.254 e. The third-order valence-electron chi connectivity index (χ3n) is 4.41. The fraction of sp³-hybridized carbons (Fsp3) is 0.0909. The third kappa shape index (κ3) is 4.52. The van der Waals surface area contributed by atoms with Crippen molar-refractivity contribution in [2.75, 3.05) is 11.9 Å². The average molecular weight is 387 g/mol. The summed E-state index contributed by atoms with van der Waals surface area (Å²) in [6.07, 6.45) is 5.29. The summed E-state index contributed by atoms with van der Waals surface area (Å²) in [7, 11) is 0.